The van der Waals surface area contributed by atoms with Crippen molar-refractivity contribution in [2.24, 2.45) is 0 Å². The fraction of sp³-hybridized carbons (Fsp3) is 0. The molecule has 5 nitrogen and oxygen atoms in total. The van der Waals surface area contributed by atoms with Crippen LogP contribution in [0.2, 0.25) is 0 Å². The molecule has 11 rings (SSSR count). The highest BCUT2D eigenvalue weighted by atomic mass is 16.3. The van der Waals surface area contributed by atoms with E-state index < -0.39 is 0 Å². The Bertz CT molecular complexity index is 3490. The lowest BCUT2D eigenvalue weighted by atomic mass is 9.96. The molecule has 0 bridgehead atoms. The zero-order chi connectivity index (χ0) is 40.5. The van der Waals surface area contributed by atoms with Gasteiger partial charge in [0, 0.05) is 43.9 Å². The van der Waals surface area contributed by atoms with E-state index in [1.54, 1.807) is 0 Å². The van der Waals surface area contributed by atoms with Crippen molar-refractivity contribution in [2.75, 3.05) is 0 Å². The topological polar surface area (TPSA) is 56.7 Å². The smallest absolute Gasteiger partial charge is 0.164 e. The summed E-state index contributed by atoms with van der Waals surface area (Å²) in [5.74, 6) is 1.45. The van der Waals surface area contributed by atoms with Crippen LogP contribution >= 0.6 is 0 Å². The second kappa shape index (κ2) is 13.0. The van der Waals surface area contributed by atoms with Crippen LogP contribution in [0.15, 0.2) is 198 Å². The molecule has 0 unspecified atom stereocenters. The van der Waals surface area contributed by atoms with Gasteiger partial charge >= 0.3 is 0 Å². The van der Waals surface area contributed by atoms with Crippen molar-refractivity contribution in [3.63, 3.8) is 0 Å². The molecule has 0 atom stereocenters. The van der Waals surface area contributed by atoms with Gasteiger partial charge in [-0.1, -0.05) is 146 Å². The fourth-order valence-corrected chi connectivity index (χ4v) is 7.77. The number of rotatable bonds is 6. The predicted molar refractivity (Wildman–Crippen MR) is 229 cm³/mol. The Morgan fingerprint density at radius 1 is 0.411 bits per heavy atom. The van der Waals surface area contributed by atoms with Crippen molar-refractivity contribution < 1.29 is 9.90 Å². The summed E-state index contributed by atoms with van der Waals surface area (Å²) < 4.78 is 44.2. The Kier molecular flexibility index (Phi) is 6.50. The second-order valence-corrected chi connectivity index (χ2v) is 13.7. The van der Waals surface area contributed by atoms with Gasteiger partial charge in [0.05, 0.1) is 16.5 Å². The first kappa shape index (κ1) is 27.9. The van der Waals surface area contributed by atoms with Gasteiger partial charge in [0.1, 0.15) is 11.2 Å². The van der Waals surface area contributed by atoms with E-state index in [0.717, 1.165) is 66.2 Å². The van der Waals surface area contributed by atoms with Crippen molar-refractivity contribution in [1.82, 2.24) is 19.5 Å². The fourth-order valence-electron chi connectivity index (χ4n) is 7.77. The van der Waals surface area contributed by atoms with E-state index in [1.165, 1.54) is 0 Å². The van der Waals surface area contributed by atoms with Gasteiger partial charge in [-0.2, -0.15) is 0 Å². The molecule has 3 heterocycles. The molecule has 0 spiro atoms. The maximum absolute atomic E-state index is 9.27. The van der Waals surface area contributed by atoms with Crippen LogP contribution in [0.5, 0.6) is 0 Å². The van der Waals surface area contributed by atoms with Crippen LogP contribution in [0, 0.1) is 0 Å². The number of hydrogen-bond acceptors (Lipinski definition) is 4. The molecule has 262 valence electrons. The summed E-state index contributed by atoms with van der Waals surface area (Å²) in [6.45, 7) is 0. The van der Waals surface area contributed by atoms with Crippen molar-refractivity contribution in [2.45, 2.75) is 0 Å². The maximum Gasteiger partial charge on any atom is 0.164 e. The molecule has 0 fully saturated rings. The summed E-state index contributed by atoms with van der Waals surface area (Å²) in [6.07, 6.45) is 0. The minimum Gasteiger partial charge on any atom is -0.456 e. The van der Waals surface area contributed by atoms with Crippen LogP contribution in [-0.2, 0) is 0 Å². The Balaban J connectivity index is 1.12. The molecule has 8 aromatic carbocycles. The molecule has 0 aliphatic heterocycles. The minimum atomic E-state index is -0.295. The van der Waals surface area contributed by atoms with Crippen LogP contribution in [0.25, 0.3) is 106 Å². The Morgan fingerprint density at radius 2 is 1.04 bits per heavy atom. The molecule has 0 N–H and O–H groups in total. The van der Waals surface area contributed by atoms with Crippen LogP contribution in [0.4, 0.5) is 0 Å². The number of nitrogens with zero attached hydrogens (tertiary/aromatic N) is 4. The van der Waals surface area contributed by atoms with Crippen LogP contribution in [0.1, 0.15) is 5.48 Å². The molecule has 0 saturated heterocycles. The molecule has 0 saturated carbocycles. The SMILES string of the molecule is [2H]c1c([2H])c([2H])c2c(c1[2H])c1c(-c3cccc(-c4ccccc4)c3)cccc1n2-c1cccc(-c2nc(-c3ccccc3)nc(-c3ccc4c(c3)oc3ccccc34)n2)c1. The van der Waals surface area contributed by atoms with Crippen molar-refractivity contribution in [3.05, 3.63) is 194 Å². The lowest BCUT2D eigenvalue weighted by Crippen LogP contribution is -2.01. The Hall–Kier alpha value is -7.63. The first-order valence-electron chi connectivity index (χ1n) is 20.4. The second-order valence-electron chi connectivity index (χ2n) is 13.7. The number of fused-ring (bicyclic) bond motifs is 6. The summed E-state index contributed by atoms with van der Waals surface area (Å²) in [6, 6.07) is 55.2. The van der Waals surface area contributed by atoms with E-state index in [2.05, 4.69) is 30.3 Å². The monoisotopic (exact) mass is 720 g/mol. The zero-order valence-electron chi connectivity index (χ0n) is 33.9. The van der Waals surface area contributed by atoms with Gasteiger partial charge in [-0.25, -0.2) is 15.0 Å². The van der Waals surface area contributed by atoms with Gasteiger partial charge < -0.3 is 8.98 Å². The molecule has 56 heavy (non-hydrogen) atoms. The summed E-state index contributed by atoms with van der Waals surface area (Å²) in [7, 11) is 0. The summed E-state index contributed by atoms with van der Waals surface area (Å²) in [4.78, 5) is 15.0. The molecule has 0 radical (unpaired) electrons. The Morgan fingerprint density at radius 3 is 1.88 bits per heavy atom. The van der Waals surface area contributed by atoms with Crippen LogP contribution in [0.3, 0.4) is 0 Å². The summed E-state index contributed by atoms with van der Waals surface area (Å²) in [5.41, 5.74) is 9.64. The molecule has 0 aliphatic carbocycles. The van der Waals surface area contributed by atoms with E-state index in [4.69, 9.17) is 22.1 Å². The normalized spacial score (nSPS) is 12.6. The number of aromatic nitrogens is 4. The van der Waals surface area contributed by atoms with Gasteiger partial charge in [0.15, 0.2) is 17.5 Å². The van der Waals surface area contributed by atoms with Crippen LogP contribution in [-0.4, -0.2) is 19.5 Å². The highest BCUT2D eigenvalue weighted by Crippen LogP contribution is 2.40. The molecule has 5 heteroatoms. The van der Waals surface area contributed by atoms with Crippen molar-refractivity contribution in [3.8, 4) is 62.1 Å². The van der Waals surface area contributed by atoms with Crippen molar-refractivity contribution in [1.29, 1.82) is 0 Å². The standard InChI is InChI=1S/C51H32N4O/c1-3-14-33(15-4-1)35-18-11-19-36(30-35)40-24-13-26-45-48(40)43-23-7-9-25-44(43)55(45)39-21-12-20-37(31-39)50-52-49(34-16-5-2-6-17-34)53-51(54-50)38-28-29-42-41-22-8-10-27-46(41)56-47(42)32-38/h1-32H/i7D,9D,23D,25D. The van der Waals surface area contributed by atoms with E-state index in [1.807, 2.05) is 144 Å². The van der Waals surface area contributed by atoms with E-state index >= 15 is 0 Å². The molecule has 0 amide bonds. The van der Waals surface area contributed by atoms with Gasteiger partial charge in [-0.15, -0.1) is 0 Å². The molecule has 3 aromatic heterocycles. The van der Waals surface area contributed by atoms with E-state index in [9.17, 15) is 2.74 Å². The lowest BCUT2D eigenvalue weighted by molar-refractivity contribution is 0.669. The number of hydrogen-bond donors (Lipinski definition) is 0. The highest BCUT2D eigenvalue weighted by molar-refractivity contribution is 6.16. The predicted octanol–water partition coefficient (Wildman–Crippen LogP) is 13.2. The third-order valence-corrected chi connectivity index (χ3v) is 10.4. The third kappa shape index (κ3) is 5.37. The Labute approximate surface area is 328 Å². The number of benzene rings is 8. The first-order chi connectivity index (χ1) is 29.4. The largest absolute Gasteiger partial charge is 0.456 e. The van der Waals surface area contributed by atoms with Crippen molar-refractivity contribution >= 4 is 43.7 Å². The highest BCUT2D eigenvalue weighted by Gasteiger charge is 2.19. The average Bonchev–Trinajstić information content (AvgIpc) is 3.87. The van der Waals surface area contributed by atoms with Crippen LogP contribution < -0.4 is 0 Å². The lowest BCUT2D eigenvalue weighted by Gasteiger charge is -2.12. The van der Waals surface area contributed by atoms with E-state index in [-0.39, 0.29) is 24.2 Å². The zero-order valence-corrected chi connectivity index (χ0v) is 29.9. The van der Waals surface area contributed by atoms with Gasteiger partial charge in [-0.05, 0) is 70.8 Å². The summed E-state index contributed by atoms with van der Waals surface area (Å²) in [5, 5.41) is 3.25. The van der Waals surface area contributed by atoms with E-state index in [0.29, 0.717) is 39.6 Å². The minimum absolute atomic E-state index is 0.0893. The quantitative estimate of drug-likeness (QED) is 0.172. The first-order valence-corrected chi connectivity index (χ1v) is 18.4. The van der Waals surface area contributed by atoms with Gasteiger partial charge in [0.25, 0.3) is 0 Å². The number of furan rings is 1. The maximum atomic E-state index is 9.27. The van der Waals surface area contributed by atoms with Gasteiger partial charge in [0.2, 0.25) is 0 Å². The molecular weight excluding hydrogens is 685 g/mol. The van der Waals surface area contributed by atoms with Gasteiger partial charge in [-0.3, -0.25) is 0 Å². The molecule has 11 aromatic rings. The third-order valence-electron chi connectivity index (χ3n) is 10.4. The average molecular weight is 721 g/mol. The summed E-state index contributed by atoms with van der Waals surface area (Å²) >= 11 is 0. The molecular formula is C51H32N4O. The molecule has 0 aliphatic rings. The number of para-hydroxylation sites is 2.